The van der Waals surface area contributed by atoms with Crippen LogP contribution in [0.25, 0.3) is 56.0 Å². The van der Waals surface area contributed by atoms with E-state index in [0.717, 1.165) is 48.0 Å². The van der Waals surface area contributed by atoms with Gasteiger partial charge in [0.1, 0.15) is 29.1 Å². The fraction of sp³-hybridized carbons (Fsp3) is 0.167. The number of likely N-dealkylation sites (tertiary alicyclic amines) is 1. The predicted molar refractivity (Wildman–Crippen MR) is 147 cm³/mol. The number of imidazole rings is 1. The summed E-state index contributed by atoms with van der Waals surface area (Å²) in [6.45, 7) is 3.13. The van der Waals surface area contributed by atoms with Crippen molar-refractivity contribution in [2.24, 2.45) is 0 Å². The largest absolute Gasteiger partial charge is 0.508 e. The second kappa shape index (κ2) is 9.52. The minimum absolute atomic E-state index is 0.143. The first-order valence-electron chi connectivity index (χ1n) is 12.9. The van der Waals surface area contributed by atoms with Crippen molar-refractivity contribution in [1.82, 2.24) is 34.8 Å². The summed E-state index contributed by atoms with van der Waals surface area (Å²) in [5.41, 5.74) is 7.36. The topological polar surface area (TPSA) is 104 Å². The zero-order valence-electron chi connectivity index (χ0n) is 21.0. The van der Waals surface area contributed by atoms with Crippen LogP contribution in [-0.2, 0) is 6.54 Å². The average molecular weight is 518 g/mol. The van der Waals surface area contributed by atoms with E-state index in [-0.39, 0.29) is 5.75 Å². The Hall–Kier alpha value is -4.76. The smallest absolute Gasteiger partial charge is 0.159 e. The molecule has 6 aromatic rings. The summed E-state index contributed by atoms with van der Waals surface area (Å²) in [7, 11) is 0. The van der Waals surface area contributed by atoms with Crippen molar-refractivity contribution in [3.8, 4) is 39.7 Å². The summed E-state index contributed by atoms with van der Waals surface area (Å²) in [6.07, 6.45) is 7.73. The van der Waals surface area contributed by atoms with Crippen LogP contribution in [0.1, 0.15) is 18.4 Å². The van der Waals surface area contributed by atoms with Crippen molar-refractivity contribution < 1.29 is 9.50 Å². The van der Waals surface area contributed by atoms with Gasteiger partial charge in [-0.2, -0.15) is 0 Å². The molecule has 0 saturated carbocycles. The quantitative estimate of drug-likeness (QED) is 0.301. The predicted octanol–water partition coefficient (Wildman–Crippen LogP) is 5.74. The maximum absolute atomic E-state index is 14.0. The number of aromatic amines is 1. The number of pyridine rings is 2. The molecule has 5 heterocycles. The molecular formula is C30H24FN7O. The van der Waals surface area contributed by atoms with Crippen LogP contribution in [0.3, 0.4) is 0 Å². The fourth-order valence-corrected chi connectivity index (χ4v) is 5.29. The molecule has 9 heteroatoms. The number of fused-ring (bicyclic) bond motifs is 2. The van der Waals surface area contributed by atoms with Gasteiger partial charge in [-0.15, -0.1) is 0 Å². The summed E-state index contributed by atoms with van der Waals surface area (Å²) in [4.78, 5) is 29.0. The number of H-pyrrole nitrogens is 1. The van der Waals surface area contributed by atoms with Gasteiger partial charge >= 0.3 is 0 Å². The molecule has 0 amide bonds. The molecule has 2 aromatic carbocycles. The normalized spacial score (nSPS) is 14.0. The molecular weight excluding hydrogens is 493 g/mol. The van der Waals surface area contributed by atoms with Crippen LogP contribution in [0.5, 0.6) is 5.75 Å². The Labute approximate surface area is 223 Å². The number of hydrogen-bond acceptors (Lipinski definition) is 7. The van der Waals surface area contributed by atoms with Gasteiger partial charge in [0.25, 0.3) is 0 Å². The summed E-state index contributed by atoms with van der Waals surface area (Å²) >= 11 is 0. The van der Waals surface area contributed by atoms with Gasteiger partial charge in [-0.3, -0.25) is 9.88 Å². The number of phenols is 1. The maximum atomic E-state index is 14.0. The monoisotopic (exact) mass is 517 g/mol. The summed E-state index contributed by atoms with van der Waals surface area (Å²) in [5.74, 6) is -0.137. The van der Waals surface area contributed by atoms with Crippen LogP contribution in [0.4, 0.5) is 4.39 Å². The molecule has 2 N–H and O–H groups in total. The first-order chi connectivity index (χ1) is 19.1. The molecule has 7 rings (SSSR count). The molecule has 0 radical (unpaired) electrons. The van der Waals surface area contributed by atoms with Crippen molar-refractivity contribution in [3.63, 3.8) is 0 Å². The molecule has 1 fully saturated rings. The van der Waals surface area contributed by atoms with E-state index in [9.17, 15) is 9.50 Å². The van der Waals surface area contributed by atoms with E-state index in [2.05, 4.69) is 30.9 Å². The van der Waals surface area contributed by atoms with Crippen LogP contribution < -0.4 is 0 Å². The molecule has 1 aliphatic heterocycles. The Bertz CT molecular complexity index is 1820. The zero-order valence-corrected chi connectivity index (χ0v) is 21.0. The number of hydrogen-bond donors (Lipinski definition) is 2. The number of aromatic nitrogens is 6. The van der Waals surface area contributed by atoms with Gasteiger partial charge in [-0.1, -0.05) is 12.1 Å². The van der Waals surface area contributed by atoms with Gasteiger partial charge in [0.05, 0.1) is 22.2 Å². The molecule has 0 bridgehead atoms. The number of phenolic OH excluding ortho intramolecular Hbond substituents is 1. The Balaban J connectivity index is 1.31. The molecule has 192 valence electrons. The van der Waals surface area contributed by atoms with Crippen molar-refractivity contribution in [3.05, 3.63) is 84.7 Å². The van der Waals surface area contributed by atoms with Gasteiger partial charge in [0.15, 0.2) is 5.82 Å². The Morgan fingerprint density at radius 3 is 2.67 bits per heavy atom. The Morgan fingerprint density at radius 1 is 0.897 bits per heavy atom. The highest BCUT2D eigenvalue weighted by Crippen LogP contribution is 2.33. The Morgan fingerprint density at radius 2 is 1.79 bits per heavy atom. The van der Waals surface area contributed by atoms with Gasteiger partial charge < -0.3 is 10.1 Å². The van der Waals surface area contributed by atoms with E-state index in [1.807, 2.05) is 42.7 Å². The van der Waals surface area contributed by atoms with Crippen LogP contribution in [0.15, 0.2) is 73.3 Å². The molecule has 0 atom stereocenters. The lowest BCUT2D eigenvalue weighted by atomic mass is 10.0. The number of nitrogens with one attached hydrogen (secondary N) is 1. The van der Waals surface area contributed by atoms with Crippen molar-refractivity contribution in [2.45, 2.75) is 19.4 Å². The summed E-state index contributed by atoms with van der Waals surface area (Å²) in [5, 5.41) is 9.94. The molecule has 0 aliphatic carbocycles. The summed E-state index contributed by atoms with van der Waals surface area (Å²) in [6, 6.07) is 15.6. The Kier molecular flexibility index (Phi) is 5.70. The van der Waals surface area contributed by atoms with Crippen LogP contribution in [-0.4, -0.2) is 53.0 Å². The van der Waals surface area contributed by atoms with E-state index in [1.165, 1.54) is 31.3 Å². The van der Waals surface area contributed by atoms with E-state index >= 15 is 0 Å². The summed E-state index contributed by atoms with van der Waals surface area (Å²) < 4.78 is 14.0. The van der Waals surface area contributed by atoms with Gasteiger partial charge in [-0.05, 0) is 73.5 Å². The molecule has 0 spiro atoms. The second-order valence-corrected chi connectivity index (χ2v) is 9.84. The highest BCUT2D eigenvalue weighted by Gasteiger charge is 2.17. The number of rotatable bonds is 5. The number of nitrogens with zero attached hydrogens (tertiary/aromatic N) is 6. The highest BCUT2D eigenvalue weighted by atomic mass is 19.1. The van der Waals surface area contributed by atoms with Gasteiger partial charge in [-0.25, -0.2) is 24.3 Å². The van der Waals surface area contributed by atoms with E-state index < -0.39 is 5.82 Å². The average Bonchev–Trinajstić information content (AvgIpc) is 3.62. The van der Waals surface area contributed by atoms with Gasteiger partial charge in [0, 0.05) is 36.1 Å². The number of aromatic hydroxyl groups is 1. The molecule has 8 nitrogen and oxygen atoms in total. The number of para-hydroxylation sites is 1. The van der Waals surface area contributed by atoms with Crippen molar-refractivity contribution >= 4 is 22.1 Å². The van der Waals surface area contributed by atoms with Gasteiger partial charge in [0.2, 0.25) is 0 Å². The van der Waals surface area contributed by atoms with Crippen LogP contribution >= 0.6 is 0 Å². The standard InChI is InChI=1S/C30H24FN7O/c31-21-11-19(12-22(39)13-21)23-4-3-5-26-27(23)37-30(36-26)29-28-25(33-17-34-29)7-6-24(35-28)20-10-18(14-32-15-20)16-38-8-1-2-9-38/h3-7,10-15,17,39H,1-2,8-9,16H2,(H,36,37). The lowest BCUT2D eigenvalue weighted by molar-refractivity contribution is 0.331. The molecule has 1 aliphatic rings. The lowest BCUT2D eigenvalue weighted by Gasteiger charge is -2.14. The maximum Gasteiger partial charge on any atom is 0.159 e. The molecule has 0 unspecified atom stereocenters. The second-order valence-electron chi connectivity index (χ2n) is 9.84. The fourth-order valence-electron chi connectivity index (χ4n) is 5.29. The van der Waals surface area contributed by atoms with Crippen molar-refractivity contribution in [2.75, 3.05) is 13.1 Å². The van der Waals surface area contributed by atoms with E-state index in [0.29, 0.717) is 39.2 Å². The van der Waals surface area contributed by atoms with E-state index in [1.54, 1.807) is 0 Å². The minimum atomic E-state index is -0.518. The van der Waals surface area contributed by atoms with E-state index in [4.69, 9.17) is 9.97 Å². The lowest BCUT2D eigenvalue weighted by Crippen LogP contribution is -2.18. The zero-order chi connectivity index (χ0) is 26.3. The van der Waals surface area contributed by atoms with Crippen molar-refractivity contribution in [1.29, 1.82) is 0 Å². The van der Waals surface area contributed by atoms with Crippen LogP contribution in [0, 0.1) is 5.82 Å². The molecule has 39 heavy (non-hydrogen) atoms. The first kappa shape index (κ1) is 23.4. The minimum Gasteiger partial charge on any atom is -0.508 e. The third kappa shape index (κ3) is 4.46. The van der Waals surface area contributed by atoms with Crippen LogP contribution in [0.2, 0.25) is 0 Å². The molecule has 4 aromatic heterocycles. The number of benzene rings is 2. The third-order valence-electron chi connectivity index (χ3n) is 7.11. The third-order valence-corrected chi connectivity index (χ3v) is 7.11. The first-order valence-corrected chi connectivity index (χ1v) is 12.9. The highest BCUT2D eigenvalue weighted by molar-refractivity contribution is 5.96. The number of halogens is 1. The SMILES string of the molecule is Oc1cc(F)cc(-c2cccc3[nH]c(-c4ncnc5ccc(-c6cncc(CN7CCCC7)c6)nc45)nc23)c1. The molecule has 1 saturated heterocycles.